The summed E-state index contributed by atoms with van der Waals surface area (Å²) in [7, 11) is 1.73. The molecule has 0 saturated heterocycles. The van der Waals surface area contributed by atoms with Gasteiger partial charge in [-0.1, -0.05) is 12.1 Å². The summed E-state index contributed by atoms with van der Waals surface area (Å²) in [5, 5.41) is 0.927. The summed E-state index contributed by atoms with van der Waals surface area (Å²) in [6, 6.07) is 11.0. The number of pyridine rings is 1. The highest BCUT2D eigenvalue weighted by Gasteiger charge is 2.16. The van der Waals surface area contributed by atoms with Crippen molar-refractivity contribution in [1.82, 2.24) is 9.97 Å². The minimum atomic E-state index is -0.119. The fourth-order valence-corrected chi connectivity index (χ4v) is 2.16. The average Bonchev–Trinajstić information content (AvgIpc) is 2.92. The number of benzene rings is 1. The van der Waals surface area contributed by atoms with Gasteiger partial charge in [0.2, 0.25) is 0 Å². The quantitative estimate of drug-likeness (QED) is 0.699. The SMILES string of the molecule is CN(C(=O)c1cc2cccc(N)c2[nH]1)c1ccncc1. The summed E-state index contributed by atoms with van der Waals surface area (Å²) >= 11 is 0. The molecule has 0 spiro atoms. The molecule has 3 aromatic rings. The molecule has 2 heterocycles. The number of aromatic amines is 1. The molecule has 0 bridgehead atoms. The van der Waals surface area contributed by atoms with Crippen molar-refractivity contribution in [2.45, 2.75) is 0 Å². The van der Waals surface area contributed by atoms with E-state index < -0.39 is 0 Å². The van der Waals surface area contributed by atoms with Crippen LogP contribution in [-0.4, -0.2) is 22.9 Å². The number of anilines is 2. The van der Waals surface area contributed by atoms with E-state index in [1.807, 2.05) is 18.2 Å². The number of para-hydroxylation sites is 1. The summed E-state index contributed by atoms with van der Waals surface area (Å²) < 4.78 is 0. The lowest BCUT2D eigenvalue weighted by Crippen LogP contribution is -2.26. The van der Waals surface area contributed by atoms with Crippen LogP contribution in [0.1, 0.15) is 10.5 Å². The Hall–Kier alpha value is -2.82. The van der Waals surface area contributed by atoms with Gasteiger partial charge in [-0.25, -0.2) is 0 Å². The lowest BCUT2D eigenvalue weighted by Gasteiger charge is -2.15. The molecule has 0 unspecified atom stereocenters. The van der Waals surface area contributed by atoms with Crippen molar-refractivity contribution in [3.8, 4) is 0 Å². The first kappa shape index (κ1) is 12.2. The van der Waals surface area contributed by atoms with Crippen LogP contribution < -0.4 is 10.6 Å². The second kappa shape index (κ2) is 4.70. The van der Waals surface area contributed by atoms with E-state index in [4.69, 9.17) is 5.73 Å². The van der Waals surface area contributed by atoms with Gasteiger partial charge in [0.1, 0.15) is 5.69 Å². The fraction of sp³-hybridized carbons (Fsp3) is 0.0667. The molecule has 0 radical (unpaired) electrons. The van der Waals surface area contributed by atoms with Gasteiger partial charge in [-0.2, -0.15) is 0 Å². The Bertz CT molecular complexity index is 764. The smallest absolute Gasteiger partial charge is 0.274 e. The van der Waals surface area contributed by atoms with Gasteiger partial charge in [-0.05, 0) is 24.3 Å². The Labute approximate surface area is 116 Å². The number of hydrogen-bond acceptors (Lipinski definition) is 3. The maximum atomic E-state index is 12.5. The van der Waals surface area contributed by atoms with Gasteiger partial charge in [0.15, 0.2) is 0 Å². The third-order valence-corrected chi connectivity index (χ3v) is 3.27. The number of rotatable bonds is 2. The lowest BCUT2D eigenvalue weighted by molar-refractivity contribution is 0.0989. The zero-order valence-corrected chi connectivity index (χ0v) is 11.0. The van der Waals surface area contributed by atoms with Crippen molar-refractivity contribution in [2.75, 3.05) is 17.7 Å². The van der Waals surface area contributed by atoms with Gasteiger partial charge in [0.25, 0.3) is 5.91 Å². The van der Waals surface area contributed by atoms with E-state index in [1.165, 1.54) is 0 Å². The van der Waals surface area contributed by atoms with Gasteiger partial charge in [-0.15, -0.1) is 0 Å². The average molecular weight is 266 g/mol. The zero-order valence-electron chi connectivity index (χ0n) is 11.0. The molecule has 0 aliphatic carbocycles. The Morgan fingerprint density at radius 3 is 2.70 bits per heavy atom. The van der Waals surface area contributed by atoms with E-state index in [0.717, 1.165) is 16.6 Å². The number of aromatic nitrogens is 2. The van der Waals surface area contributed by atoms with E-state index in [0.29, 0.717) is 11.4 Å². The number of carbonyl (C=O) groups is 1. The standard InChI is InChI=1S/C15H14N4O/c1-19(11-5-7-17-8-6-11)15(20)13-9-10-3-2-4-12(16)14(10)18-13/h2-9,18H,16H2,1H3. The molecule has 3 rings (SSSR count). The molecule has 0 aliphatic rings. The Kier molecular flexibility index (Phi) is 2.87. The van der Waals surface area contributed by atoms with E-state index in [1.54, 1.807) is 42.5 Å². The summed E-state index contributed by atoms with van der Waals surface area (Å²) in [4.78, 5) is 21.1. The Morgan fingerprint density at radius 1 is 1.25 bits per heavy atom. The summed E-state index contributed by atoms with van der Waals surface area (Å²) in [5.74, 6) is -0.119. The highest BCUT2D eigenvalue weighted by molar-refractivity contribution is 6.08. The first-order valence-electron chi connectivity index (χ1n) is 6.22. The van der Waals surface area contributed by atoms with Crippen molar-refractivity contribution < 1.29 is 4.79 Å². The molecular weight excluding hydrogens is 252 g/mol. The topological polar surface area (TPSA) is 75.0 Å². The van der Waals surface area contributed by atoms with Crippen LogP contribution in [0.25, 0.3) is 10.9 Å². The summed E-state index contributed by atoms with van der Waals surface area (Å²) in [5.41, 5.74) is 8.62. The minimum absolute atomic E-state index is 0.119. The predicted octanol–water partition coefficient (Wildman–Crippen LogP) is 2.42. The number of nitrogens with zero attached hydrogens (tertiary/aromatic N) is 2. The van der Waals surface area contributed by atoms with Gasteiger partial charge < -0.3 is 15.6 Å². The predicted molar refractivity (Wildman–Crippen MR) is 79.7 cm³/mol. The molecule has 1 aromatic carbocycles. The molecule has 0 saturated carbocycles. The normalized spacial score (nSPS) is 10.7. The third kappa shape index (κ3) is 1.99. The lowest BCUT2D eigenvalue weighted by atomic mass is 10.2. The largest absolute Gasteiger partial charge is 0.397 e. The monoisotopic (exact) mass is 266 g/mol. The summed E-state index contributed by atoms with van der Waals surface area (Å²) in [6.07, 6.45) is 3.31. The minimum Gasteiger partial charge on any atom is -0.397 e. The zero-order chi connectivity index (χ0) is 14.1. The number of nitrogen functional groups attached to an aromatic ring is 1. The number of H-pyrrole nitrogens is 1. The fourth-order valence-electron chi connectivity index (χ4n) is 2.16. The second-order valence-corrected chi connectivity index (χ2v) is 4.56. The van der Waals surface area contributed by atoms with E-state index >= 15 is 0 Å². The number of nitrogens with one attached hydrogen (secondary N) is 1. The van der Waals surface area contributed by atoms with Crippen LogP contribution in [0.4, 0.5) is 11.4 Å². The van der Waals surface area contributed by atoms with Crippen LogP contribution in [0.2, 0.25) is 0 Å². The second-order valence-electron chi connectivity index (χ2n) is 4.56. The molecular formula is C15H14N4O. The van der Waals surface area contributed by atoms with Crippen LogP contribution in [0, 0.1) is 0 Å². The number of hydrogen-bond donors (Lipinski definition) is 2. The maximum absolute atomic E-state index is 12.5. The molecule has 1 amide bonds. The van der Waals surface area contributed by atoms with E-state index in [-0.39, 0.29) is 5.91 Å². The molecule has 0 fully saturated rings. The molecule has 3 N–H and O–H groups in total. The maximum Gasteiger partial charge on any atom is 0.274 e. The molecule has 0 aliphatic heterocycles. The molecule has 20 heavy (non-hydrogen) atoms. The third-order valence-electron chi connectivity index (χ3n) is 3.27. The van der Waals surface area contributed by atoms with E-state index in [9.17, 15) is 4.79 Å². The number of carbonyl (C=O) groups excluding carboxylic acids is 1. The Morgan fingerprint density at radius 2 is 2.00 bits per heavy atom. The first-order chi connectivity index (χ1) is 9.66. The number of amides is 1. The first-order valence-corrected chi connectivity index (χ1v) is 6.22. The van der Waals surface area contributed by atoms with Gasteiger partial charge >= 0.3 is 0 Å². The number of fused-ring (bicyclic) bond motifs is 1. The van der Waals surface area contributed by atoms with Crippen molar-refractivity contribution in [1.29, 1.82) is 0 Å². The molecule has 0 atom stereocenters. The molecule has 100 valence electrons. The molecule has 5 nitrogen and oxygen atoms in total. The van der Waals surface area contributed by atoms with Crippen molar-refractivity contribution >= 4 is 28.2 Å². The Balaban J connectivity index is 1.99. The summed E-state index contributed by atoms with van der Waals surface area (Å²) in [6.45, 7) is 0. The van der Waals surface area contributed by atoms with E-state index in [2.05, 4.69) is 9.97 Å². The van der Waals surface area contributed by atoms with Crippen LogP contribution in [0.3, 0.4) is 0 Å². The highest BCUT2D eigenvalue weighted by Crippen LogP contribution is 2.22. The van der Waals surface area contributed by atoms with Crippen LogP contribution >= 0.6 is 0 Å². The number of nitrogens with two attached hydrogens (primary N) is 1. The van der Waals surface area contributed by atoms with Gasteiger partial charge in [0, 0.05) is 30.5 Å². The van der Waals surface area contributed by atoms with Crippen LogP contribution in [0.15, 0.2) is 48.8 Å². The van der Waals surface area contributed by atoms with Gasteiger partial charge in [0.05, 0.1) is 11.2 Å². The van der Waals surface area contributed by atoms with Gasteiger partial charge in [-0.3, -0.25) is 9.78 Å². The van der Waals surface area contributed by atoms with Crippen molar-refractivity contribution in [3.63, 3.8) is 0 Å². The van der Waals surface area contributed by atoms with Crippen molar-refractivity contribution in [2.24, 2.45) is 0 Å². The molecule has 2 aromatic heterocycles. The highest BCUT2D eigenvalue weighted by atomic mass is 16.2. The van der Waals surface area contributed by atoms with Crippen molar-refractivity contribution in [3.05, 3.63) is 54.5 Å². The van der Waals surface area contributed by atoms with Crippen LogP contribution in [0.5, 0.6) is 0 Å². The van der Waals surface area contributed by atoms with Crippen LogP contribution in [-0.2, 0) is 0 Å². The molecule has 5 heteroatoms.